The number of amides is 1. The Balaban J connectivity index is 1.59. The second-order valence-corrected chi connectivity index (χ2v) is 8.82. The van der Waals surface area contributed by atoms with Gasteiger partial charge in [-0.25, -0.2) is 4.98 Å². The molecule has 0 spiro atoms. The molecule has 4 heteroatoms. The van der Waals surface area contributed by atoms with E-state index in [9.17, 15) is 4.79 Å². The third-order valence-corrected chi connectivity index (χ3v) is 6.49. The van der Waals surface area contributed by atoms with Gasteiger partial charge in [-0.3, -0.25) is 4.79 Å². The van der Waals surface area contributed by atoms with Gasteiger partial charge >= 0.3 is 0 Å². The maximum absolute atomic E-state index is 13.1. The molecule has 2 aliphatic rings. The molecule has 1 heterocycles. The van der Waals surface area contributed by atoms with E-state index in [4.69, 9.17) is 0 Å². The molecule has 2 fully saturated rings. The highest BCUT2D eigenvalue weighted by molar-refractivity contribution is 7.16. The SMILES string of the molecule is CC1CC2CC(C)CC(C(=O)Nc3ccc4ncsc4c3)(C1)C2. The Morgan fingerprint density at radius 1 is 1.22 bits per heavy atom. The minimum atomic E-state index is -0.150. The number of hydrogen-bond donors (Lipinski definition) is 1. The molecule has 2 atom stereocenters. The molecule has 2 bridgehead atoms. The van der Waals surface area contributed by atoms with Gasteiger partial charge in [-0.15, -0.1) is 11.3 Å². The Hall–Kier alpha value is -1.42. The third-order valence-electron chi connectivity index (χ3n) is 5.70. The van der Waals surface area contributed by atoms with Crippen molar-refractivity contribution in [2.75, 3.05) is 5.32 Å². The van der Waals surface area contributed by atoms with Crippen LogP contribution in [0.15, 0.2) is 23.7 Å². The molecule has 1 N–H and O–H groups in total. The smallest absolute Gasteiger partial charge is 0.230 e. The van der Waals surface area contributed by atoms with Crippen molar-refractivity contribution in [2.45, 2.75) is 46.0 Å². The van der Waals surface area contributed by atoms with Crippen LogP contribution in [-0.4, -0.2) is 10.9 Å². The van der Waals surface area contributed by atoms with Crippen molar-refractivity contribution in [3.63, 3.8) is 0 Å². The van der Waals surface area contributed by atoms with E-state index >= 15 is 0 Å². The van der Waals surface area contributed by atoms with Crippen molar-refractivity contribution in [3.05, 3.63) is 23.7 Å². The number of benzene rings is 1. The molecule has 1 aromatic heterocycles. The lowest BCUT2D eigenvalue weighted by molar-refractivity contribution is -0.133. The molecule has 0 saturated heterocycles. The number of nitrogens with one attached hydrogen (secondary N) is 1. The number of carbonyl (C=O) groups excluding carboxylic acids is 1. The Bertz CT molecular complexity index is 718. The summed E-state index contributed by atoms with van der Waals surface area (Å²) in [6, 6.07) is 6.03. The van der Waals surface area contributed by atoms with Gasteiger partial charge in [0.15, 0.2) is 0 Å². The van der Waals surface area contributed by atoms with Crippen LogP contribution in [0.4, 0.5) is 5.69 Å². The maximum Gasteiger partial charge on any atom is 0.230 e. The molecule has 23 heavy (non-hydrogen) atoms. The molecule has 1 amide bonds. The highest BCUT2D eigenvalue weighted by atomic mass is 32.1. The van der Waals surface area contributed by atoms with Crippen LogP contribution in [0.3, 0.4) is 0 Å². The van der Waals surface area contributed by atoms with Crippen molar-refractivity contribution < 1.29 is 4.79 Å². The lowest BCUT2D eigenvalue weighted by atomic mass is 9.56. The van der Waals surface area contributed by atoms with Crippen LogP contribution in [0.1, 0.15) is 46.0 Å². The summed E-state index contributed by atoms with van der Waals surface area (Å²) in [4.78, 5) is 17.4. The molecule has 2 aliphatic carbocycles. The van der Waals surface area contributed by atoms with E-state index in [0.29, 0.717) is 11.8 Å². The highest BCUT2D eigenvalue weighted by Gasteiger charge is 2.48. The molecule has 1 aromatic carbocycles. The number of anilines is 1. The normalized spacial score (nSPS) is 33.6. The number of aromatic nitrogens is 1. The van der Waals surface area contributed by atoms with Gasteiger partial charge in [-0.2, -0.15) is 0 Å². The number of carbonyl (C=O) groups is 1. The fourth-order valence-corrected chi connectivity index (χ4v) is 5.90. The van der Waals surface area contributed by atoms with Crippen molar-refractivity contribution in [1.82, 2.24) is 4.98 Å². The molecule has 0 aliphatic heterocycles. The fraction of sp³-hybridized carbons (Fsp3) is 0.579. The molecule has 2 unspecified atom stereocenters. The van der Waals surface area contributed by atoms with E-state index in [1.807, 2.05) is 17.6 Å². The summed E-state index contributed by atoms with van der Waals surface area (Å²) in [5.41, 5.74) is 3.62. The second-order valence-electron chi connectivity index (χ2n) is 7.93. The number of rotatable bonds is 2. The van der Waals surface area contributed by atoms with E-state index in [-0.39, 0.29) is 11.3 Å². The number of nitrogens with zero attached hydrogens (tertiary/aromatic N) is 1. The quantitative estimate of drug-likeness (QED) is 0.834. The summed E-state index contributed by atoms with van der Waals surface area (Å²) in [6.07, 6.45) is 5.76. The zero-order valence-corrected chi connectivity index (χ0v) is 14.7. The van der Waals surface area contributed by atoms with E-state index in [1.165, 1.54) is 12.8 Å². The van der Waals surface area contributed by atoms with E-state index < -0.39 is 0 Å². The monoisotopic (exact) mass is 328 g/mol. The molecular weight excluding hydrogens is 304 g/mol. The van der Waals surface area contributed by atoms with Crippen LogP contribution >= 0.6 is 11.3 Å². The Morgan fingerprint density at radius 2 is 1.96 bits per heavy atom. The molecular formula is C19H24N2OS. The lowest BCUT2D eigenvalue weighted by Gasteiger charge is -2.48. The fourth-order valence-electron chi connectivity index (χ4n) is 5.18. The zero-order chi connectivity index (χ0) is 16.0. The summed E-state index contributed by atoms with van der Waals surface area (Å²) < 4.78 is 1.13. The molecule has 0 radical (unpaired) electrons. The van der Waals surface area contributed by atoms with Gasteiger partial charge in [0.1, 0.15) is 0 Å². The van der Waals surface area contributed by atoms with Crippen LogP contribution in [0, 0.1) is 23.2 Å². The first-order valence-electron chi connectivity index (χ1n) is 8.69. The number of thiazole rings is 1. The first-order valence-corrected chi connectivity index (χ1v) is 9.57. The number of hydrogen-bond acceptors (Lipinski definition) is 3. The molecule has 122 valence electrons. The average Bonchev–Trinajstić information content (AvgIpc) is 2.93. The minimum absolute atomic E-state index is 0.150. The van der Waals surface area contributed by atoms with Gasteiger partial charge in [0.2, 0.25) is 5.91 Å². The van der Waals surface area contributed by atoms with Gasteiger partial charge in [0, 0.05) is 5.69 Å². The van der Waals surface area contributed by atoms with Crippen molar-refractivity contribution in [3.8, 4) is 0 Å². The standard InChI is InChI=1S/C19H24N2OS/c1-12-5-14-6-13(2)9-19(8-12,10-14)18(22)21-15-3-4-16-17(7-15)23-11-20-16/h3-4,7,11-14H,5-6,8-10H2,1-2H3,(H,21,22). The summed E-state index contributed by atoms with van der Waals surface area (Å²) in [7, 11) is 0. The Labute approximate surface area is 141 Å². The predicted octanol–water partition coefficient (Wildman–Crippen LogP) is 5.09. The largest absolute Gasteiger partial charge is 0.326 e. The van der Waals surface area contributed by atoms with Crippen molar-refractivity contribution >= 4 is 33.1 Å². The summed E-state index contributed by atoms with van der Waals surface area (Å²) in [5.74, 6) is 2.30. The second kappa shape index (κ2) is 5.59. The van der Waals surface area contributed by atoms with Crippen LogP contribution < -0.4 is 5.32 Å². The minimum Gasteiger partial charge on any atom is -0.326 e. The molecule has 2 saturated carbocycles. The first kappa shape index (κ1) is 15.1. The van der Waals surface area contributed by atoms with E-state index in [0.717, 1.165) is 41.1 Å². The van der Waals surface area contributed by atoms with Gasteiger partial charge < -0.3 is 5.32 Å². The van der Waals surface area contributed by atoms with Crippen LogP contribution in [0.2, 0.25) is 0 Å². The topological polar surface area (TPSA) is 42.0 Å². The highest BCUT2D eigenvalue weighted by Crippen LogP contribution is 2.53. The molecule has 2 aromatic rings. The van der Waals surface area contributed by atoms with Gasteiger partial charge in [0.05, 0.1) is 21.1 Å². The summed E-state index contributed by atoms with van der Waals surface area (Å²) in [6.45, 7) is 4.63. The van der Waals surface area contributed by atoms with Gasteiger partial charge in [0.25, 0.3) is 0 Å². The van der Waals surface area contributed by atoms with Gasteiger partial charge in [-0.1, -0.05) is 13.8 Å². The van der Waals surface area contributed by atoms with Crippen LogP contribution in [-0.2, 0) is 4.79 Å². The average molecular weight is 328 g/mol. The Morgan fingerprint density at radius 3 is 2.70 bits per heavy atom. The summed E-state index contributed by atoms with van der Waals surface area (Å²) in [5, 5.41) is 3.22. The molecule has 4 rings (SSSR count). The van der Waals surface area contributed by atoms with E-state index in [1.54, 1.807) is 11.3 Å². The molecule has 3 nitrogen and oxygen atoms in total. The lowest BCUT2D eigenvalue weighted by Crippen LogP contribution is -2.47. The summed E-state index contributed by atoms with van der Waals surface area (Å²) >= 11 is 1.62. The zero-order valence-electron chi connectivity index (χ0n) is 13.8. The van der Waals surface area contributed by atoms with E-state index in [2.05, 4.69) is 30.2 Å². The first-order chi connectivity index (χ1) is 11.0. The van der Waals surface area contributed by atoms with Crippen LogP contribution in [0.5, 0.6) is 0 Å². The third kappa shape index (κ3) is 2.78. The number of fused-ring (bicyclic) bond motifs is 3. The van der Waals surface area contributed by atoms with Crippen LogP contribution in [0.25, 0.3) is 10.2 Å². The van der Waals surface area contributed by atoms with Crippen molar-refractivity contribution in [2.24, 2.45) is 23.2 Å². The van der Waals surface area contributed by atoms with Crippen molar-refractivity contribution in [1.29, 1.82) is 0 Å². The maximum atomic E-state index is 13.1. The Kier molecular flexibility index (Phi) is 3.67. The predicted molar refractivity (Wildman–Crippen MR) is 95.6 cm³/mol. The van der Waals surface area contributed by atoms with Gasteiger partial charge in [-0.05, 0) is 68.1 Å².